The number of aromatic nitrogens is 3. The van der Waals surface area contributed by atoms with Gasteiger partial charge in [0, 0.05) is 25.7 Å². The van der Waals surface area contributed by atoms with Gasteiger partial charge in [0.1, 0.15) is 0 Å². The van der Waals surface area contributed by atoms with E-state index < -0.39 is 0 Å². The third kappa shape index (κ3) is 2.63. The molecule has 0 bridgehead atoms. The molecule has 1 amide bonds. The van der Waals surface area contributed by atoms with Crippen molar-refractivity contribution in [2.45, 2.75) is 45.3 Å². The number of hydrogen-bond donors (Lipinski definition) is 1. The standard InChI is InChI=1S/C11H19N5O/c1-2-11(17)16-5-3-4-10(16)8-15-7-9(6-12)13-14-15/h7,10H,2-6,8,12H2,1H3/t10-/m0/s1. The maximum absolute atomic E-state index is 11.7. The molecule has 0 unspecified atom stereocenters. The predicted octanol–water partition coefficient (Wildman–Crippen LogP) is 0.138. The predicted molar refractivity (Wildman–Crippen MR) is 62.9 cm³/mol. The molecule has 1 saturated heterocycles. The molecule has 2 N–H and O–H groups in total. The molecule has 1 fully saturated rings. The van der Waals surface area contributed by atoms with Crippen LogP contribution >= 0.6 is 0 Å². The summed E-state index contributed by atoms with van der Waals surface area (Å²) in [4.78, 5) is 13.7. The molecule has 1 aliphatic heterocycles. The first kappa shape index (κ1) is 12.0. The maximum atomic E-state index is 11.7. The van der Waals surface area contributed by atoms with E-state index >= 15 is 0 Å². The van der Waals surface area contributed by atoms with Gasteiger partial charge >= 0.3 is 0 Å². The Hall–Kier alpha value is -1.43. The van der Waals surface area contributed by atoms with Crippen LogP contribution in [0.2, 0.25) is 0 Å². The number of carbonyl (C=O) groups excluding carboxylic acids is 1. The number of hydrogen-bond acceptors (Lipinski definition) is 4. The number of carbonyl (C=O) groups is 1. The Labute approximate surface area is 101 Å². The molecule has 6 nitrogen and oxygen atoms in total. The first-order valence-corrected chi connectivity index (χ1v) is 6.13. The van der Waals surface area contributed by atoms with Crippen LogP contribution in [0.15, 0.2) is 6.20 Å². The third-order valence-electron chi connectivity index (χ3n) is 3.19. The van der Waals surface area contributed by atoms with Crippen molar-refractivity contribution in [3.63, 3.8) is 0 Å². The lowest BCUT2D eigenvalue weighted by molar-refractivity contribution is -0.131. The highest BCUT2D eigenvalue weighted by atomic mass is 16.2. The molecule has 2 heterocycles. The Balaban J connectivity index is 2.00. The van der Waals surface area contributed by atoms with Gasteiger partial charge in [-0.3, -0.25) is 9.48 Å². The van der Waals surface area contributed by atoms with E-state index in [-0.39, 0.29) is 11.9 Å². The molecule has 1 atom stereocenters. The molecule has 6 heteroatoms. The van der Waals surface area contributed by atoms with Gasteiger partial charge in [0.15, 0.2) is 0 Å². The van der Waals surface area contributed by atoms with Gasteiger partial charge in [0.2, 0.25) is 5.91 Å². The zero-order valence-corrected chi connectivity index (χ0v) is 10.2. The fourth-order valence-corrected chi connectivity index (χ4v) is 2.29. The summed E-state index contributed by atoms with van der Waals surface area (Å²) >= 11 is 0. The average molecular weight is 237 g/mol. The lowest BCUT2D eigenvalue weighted by Gasteiger charge is -2.23. The minimum Gasteiger partial charge on any atom is -0.338 e. The molecule has 0 aliphatic carbocycles. The molecule has 17 heavy (non-hydrogen) atoms. The van der Waals surface area contributed by atoms with E-state index in [0.717, 1.165) is 31.6 Å². The Kier molecular flexibility index (Phi) is 3.73. The fraction of sp³-hybridized carbons (Fsp3) is 0.727. The van der Waals surface area contributed by atoms with E-state index in [9.17, 15) is 4.79 Å². The van der Waals surface area contributed by atoms with Crippen LogP contribution in [0, 0.1) is 0 Å². The summed E-state index contributed by atoms with van der Waals surface area (Å²) in [6, 6.07) is 0.259. The highest BCUT2D eigenvalue weighted by Gasteiger charge is 2.28. The SMILES string of the molecule is CCC(=O)N1CCC[C@H]1Cn1cc(CN)nn1. The van der Waals surface area contributed by atoms with E-state index in [1.807, 2.05) is 18.0 Å². The van der Waals surface area contributed by atoms with E-state index in [4.69, 9.17) is 5.73 Å². The number of nitrogens with two attached hydrogens (primary N) is 1. The normalized spacial score (nSPS) is 19.9. The Bertz CT molecular complexity index is 389. The van der Waals surface area contributed by atoms with Gasteiger partial charge in [-0.2, -0.15) is 0 Å². The second-order valence-corrected chi connectivity index (χ2v) is 4.37. The van der Waals surface area contributed by atoms with Crippen molar-refractivity contribution in [3.8, 4) is 0 Å². The monoisotopic (exact) mass is 237 g/mol. The van der Waals surface area contributed by atoms with Gasteiger partial charge in [-0.05, 0) is 12.8 Å². The van der Waals surface area contributed by atoms with Crippen molar-refractivity contribution >= 4 is 5.91 Å². The maximum Gasteiger partial charge on any atom is 0.222 e. The summed E-state index contributed by atoms with van der Waals surface area (Å²) in [6.07, 6.45) is 4.55. The Morgan fingerprint density at radius 2 is 2.47 bits per heavy atom. The minimum absolute atomic E-state index is 0.228. The van der Waals surface area contributed by atoms with E-state index in [1.165, 1.54) is 0 Å². The van der Waals surface area contributed by atoms with E-state index in [0.29, 0.717) is 13.0 Å². The second kappa shape index (κ2) is 5.27. The van der Waals surface area contributed by atoms with Crippen molar-refractivity contribution in [1.29, 1.82) is 0 Å². The van der Waals surface area contributed by atoms with Crippen molar-refractivity contribution in [2.75, 3.05) is 6.54 Å². The summed E-state index contributed by atoms with van der Waals surface area (Å²) < 4.78 is 1.79. The van der Waals surface area contributed by atoms with Crippen LogP contribution in [0.3, 0.4) is 0 Å². The Morgan fingerprint density at radius 1 is 1.65 bits per heavy atom. The van der Waals surface area contributed by atoms with Crippen LogP contribution in [0.4, 0.5) is 0 Å². The van der Waals surface area contributed by atoms with E-state index in [1.54, 1.807) is 4.68 Å². The molecular formula is C11H19N5O. The first-order chi connectivity index (χ1) is 8.24. The number of rotatable bonds is 4. The lowest BCUT2D eigenvalue weighted by Crippen LogP contribution is -2.37. The number of likely N-dealkylation sites (tertiary alicyclic amines) is 1. The van der Waals surface area contributed by atoms with Crippen LogP contribution in [-0.2, 0) is 17.9 Å². The molecular weight excluding hydrogens is 218 g/mol. The number of amides is 1. The molecule has 2 rings (SSSR count). The average Bonchev–Trinajstić information content (AvgIpc) is 2.97. The van der Waals surface area contributed by atoms with Gasteiger partial charge in [0.05, 0.1) is 18.3 Å². The summed E-state index contributed by atoms with van der Waals surface area (Å²) in [5.41, 5.74) is 6.28. The van der Waals surface area contributed by atoms with E-state index in [2.05, 4.69) is 10.3 Å². The van der Waals surface area contributed by atoms with Gasteiger partial charge in [0.25, 0.3) is 0 Å². The quantitative estimate of drug-likeness (QED) is 0.808. The highest BCUT2D eigenvalue weighted by molar-refractivity contribution is 5.76. The second-order valence-electron chi connectivity index (χ2n) is 4.37. The molecule has 0 saturated carbocycles. The summed E-state index contributed by atoms with van der Waals surface area (Å²) in [5.74, 6) is 0.228. The fourth-order valence-electron chi connectivity index (χ4n) is 2.29. The third-order valence-corrected chi connectivity index (χ3v) is 3.19. The summed E-state index contributed by atoms with van der Waals surface area (Å²) in [5, 5.41) is 7.97. The molecule has 1 aromatic rings. The Morgan fingerprint density at radius 3 is 3.12 bits per heavy atom. The molecule has 0 radical (unpaired) electrons. The van der Waals surface area contributed by atoms with Crippen molar-refractivity contribution in [1.82, 2.24) is 19.9 Å². The highest BCUT2D eigenvalue weighted by Crippen LogP contribution is 2.19. The lowest BCUT2D eigenvalue weighted by atomic mass is 10.2. The zero-order valence-electron chi connectivity index (χ0n) is 10.2. The smallest absolute Gasteiger partial charge is 0.222 e. The van der Waals surface area contributed by atoms with Gasteiger partial charge < -0.3 is 10.6 Å². The molecule has 94 valence electrons. The molecule has 1 aliphatic rings. The van der Waals surface area contributed by atoms with Crippen LogP contribution in [0.5, 0.6) is 0 Å². The topological polar surface area (TPSA) is 77.0 Å². The van der Waals surface area contributed by atoms with Crippen LogP contribution in [0.25, 0.3) is 0 Å². The molecule has 0 aromatic carbocycles. The van der Waals surface area contributed by atoms with Gasteiger partial charge in [-0.25, -0.2) is 0 Å². The van der Waals surface area contributed by atoms with Crippen LogP contribution in [-0.4, -0.2) is 38.4 Å². The van der Waals surface area contributed by atoms with Crippen molar-refractivity contribution < 1.29 is 4.79 Å². The van der Waals surface area contributed by atoms with Crippen molar-refractivity contribution in [3.05, 3.63) is 11.9 Å². The zero-order chi connectivity index (χ0) is 12.3. The van der Waals surface area contributed by atoms with Crippen LogP contribution in [0.1, 0.15) is 31.9 Å². The van der Waals surface area contributed by atoms with Crippen LogP contribution < -0.4 is 5.73 Å². The van der Waals surface area contributed by atoms with Crippen molar-refractivity contribution in [2.24, 2.45) is 5.73 Å². The summed E-state index contributed by atoms with van der Waals surface area (Å²) in [7, 11) is 0. The summed E-state index contributed by atoms with van der Waals surface area (Å²) in [6.45, 7) is 3.90. The largest absolute Gasteiger partial charge is 0.338 e. The van der Waals surface area contributed by atoms with Gasteiger partial charge in [-0.1, -0.05) is 12.1 Å². The van der Waals surface area contributed by atoms with Gasteiger partial charge in [-0.15, -0.1) is 5.10 Å². The molecule has 0 spiro atoms. The molecule has 1 aromatic heterocycles. The first-order valence-electron chi connectivity index (χ1n) is 6.13. The minimum atomic E-state index is 0.228. The number of nitrogens with zero attached hydrogens (tertiary/aromatic N) is 4.